The van der Waals surface area contributed by atoms with Gasteiger partial charge in [-0.25, -0.2) is 0 Å². The lowest BCUT2D eigenvalue weighted by atomic mass is 10.1. The summed E-state index contributed by atoms with van der Waals surface area (Å²) < 4.78 is 4.92. The van der Waals surface area contributed by atoms with E-state index in [2.05, 4.69) is 13.8 Å². The quantitative estimate of drug-likeness (QED) is 0.644. The number of carbonyl (C=O) groups excluding carboxylic acids is 2. The zero-order chi connectivity index (χ0) is 17.4. The Kier molecular flexibility index (Phi) is 8.42. The highest BCUT2D eigenvalue weighted by Crippen LogP contribution is 2.23. The van der Waals surface area contributed by atoms with Crippen LogP contribution < -0.4 is 0 Å². The maximum absolute atomic E-state index is 12.7. The molecule has 23 heavy (non-hydrogen) atoms. The van der Waals surface area contributed by atoms with Gasteiger partial charge in [0.1, 0.15) is 0 Å². The van der Waals surface area contributed by atoms with Gasteiger partial charge in [-0.15, -0.1) is 0 Å². The molecule has 0 saturated heterocycles. The van der Waals surface area contributed by atoms with E-state index >= 15 is 0 Å². The van der Waals surface area contributed by atoms with Crippen molar-refractivity contribution in [2.45, 2.75) is 33.6 Å². The Morgan fingerprint density at radius 3 is 2.43 bits per heavy atom. The molecule has 0 aliphatic rings. The predicted octanol–water partition coefficient (Wildman–Crippen LogP) is 4.43. The van der Waals surface area contributed by atoms with Gasteiger partial charge in [0.15, 0.2) is 0 Å². The number of esters is 1. The number of benzene rings is 1. The van der Waals surface area contributed by atoms with Crippen LogP contribution in [0.2, 0.25) is 10.0 Å². The molecule has 0 fully saturated rings. The Balaban J connectivity index is 2.81. The third kappa shape index (κ3) is 6.80. The third-order valence-electron chi connectivity index (χ3n) is 3.32. The Labute approximate surface area is 147 Å². The topological polar surface area (TPSA) is 46.6 Å². The lowest BCUT2D eigenvalue weighted by Crippen LogP contribution is -2.34. The van der Waals surface area contributed by atoms with Crippen molar-refractivity contribution in [1.29, 1.82) is 0 Å². The minimum atomic E-state index is -0.302. The van der Waals surface area contributed by atoms with Gasteiger partial charge < -0.3 is 9.64 Å². The molecule has 1 aromatic rings. The van der Waals surface area contributed by atoms with Gasteiger partial charge in [-0.3, -0.25) is 9.59 Å². The molecule has 0 saturated carbocycles. The molecule has 0 aromatic heterocycles. The zero-order valence-corrected chi connectivity index (χ0v) is 15.3. The number of nitrogens with zero attached hydrogens (tertiary/aromatic N) is 1. The Morgan fingerprint density at radius 1 is 1.17 bits per heavy atom. The average Bonchev–Trinajstić information content (AvgIpc) is 2.49. The first-order chi connectivity index (χ1) is 10.8. The number of hydrogen-bond donors (Lipinski definition) is 0. The van der Waals surface area contributed by atoms with Gasteiger partial charge in [0.05, 0.1) is 23.1 Å². The van der Waals surface area contributed by atoms with Crippen LogP contribution in [0.25, 0.3) is 0 Å². The number of amides is 1. The number of rotatable bonds is 8. The van der Waals surface area contributed by atoms with Gasteiger partial charge in [-0.05, 0) is 37.5 Å². The zero-order valence-electron chi connectivity index (χ0n) is 13.8. The molecule has 0 unspecified atom stereocenters. The molecule has 0 bridgehead atoms. The van der Waals surface area contributed by atoms with Gasteiger partial charge in [-0.1, -0.05) is 37.0 Å². The van der Waals surface area contributed by atoms with E-state index in [0.29, 0.717) is 41.2 Å². The maximum Gasteiger partial charge on any atom is 0.307 e. The molecule has 0 N–H and O–H groups in total. The molecule has 4 nitrogen and oxygen atoms in total. The number of halogens is 2. The van der Waals surface area contributed by atoms with E-state index in [1.54, 1.807) is 30.0 Å². The van der Waals surface area contributed by atoms with Crippen molar-refractivity contribution < 1.29 is 14.3 Å². The SMILES string of the molecule is CCOC(=O)CCN(CCC(C)C)C(=O)c1ccc(Cl)c(Cl)c1. The molecule has 0 aliphatic heterocycles. The molecule has 6 heteroatoms. The van der Waals surface area contributed by atoms with Crippen LogP contribution in [-0.2, 0) is 9.53 Å². The molecule has 128 valence electrons. The molecule has 1 amide bonds. The van der Waals surface area contributed by atoms with Crippen molar-refractivity contribution >= 4 is 35.1 Å². The summed E-state index contributed by atoms with van der Waals surface area (Å²) in [5.74, 6) is -0.000741. The normalized spacial score (nSPS) is 10.7. The van der Waals surface area contributed by atoms with Crippen LogP contribution in [0.15, 0.2) is 18.2 Å². The molecule has 1 aromatic carbocycles. The van der Waals surface area contributed by atoms with E-state index < -0.39 is 0 Å². The second-order valence-electron chi connectivity index (χ2n) is 5.66. The fourth-order valence-electron chi connectivity index (χ4n) is 2.00. The number of ether oxygens (including phenoxy) is 1. The van der Waals surface area contributed by atoms with Crippen LogP contribution in [0, 0.1) is 5.92 Å². The number of carbonyl (C=O) groups is 2. The second kappa shape index (κ2) is 9.78. The van der Waals surface area contributed by atoms with Gasteiger partial charge in [-0.2, -0.15) is 0 Å². The van der Waals surface area contributed by atoms with E-state index in [9.17, 15) is 9.59 Å². The summed E-state index contributed by atoms with van der Waals surface area (Å²) in [6.07, 6.45) is 1.04. The van der Waals surface area contributed by atoms with Gasteiger partial charge in [0, 0.05) is 18.7 Å². The maximum atomic E-state index is 12.7. The first kappa shape index (κ1) is 19.8. The predicted molar refractivity (Wildman–Crippen MR) is 93.1 cm³/mol. The van der Waals surface area contributed by atoms with Gasteiger partial charge in [0.2, 0.25) is 0 Å². The fraction of sp³-hybridized carbons (Fsp3) is 0.529. The smallest absolute Gasteiger partial charge is 0.307 e. The molecule has 1 rings (SSSR count). The minimum Gasteiger partial charge on any atom is -0.466 e. The van der Waals surface area contributed by atoms with Crippen LogP contribution in [-0.4, -0.2) is 36.5 Å². The van der Waals surface area contributed by atoms with Crippen molar-refractivity contribution in [1.82, 2.24) is 4.90 Å². The summed E-state index contributed by atoms with van der Waals surface area (Å²) in [5, 5.41) is 0.746. The summed E-state index contributed by atoms with van der Waals surface area (Å²) in [4.78, 5) is 25.9. The van der Waals surface area contributed by atoms with Crippen LogP contribution in [0.1, 0.15) is 44.0 Å². The van der Waals surface area contributed by atoms with E-state index in [0.717, 1.165) is 6.42 Å². The number of hydrogen-bond acceptors (Lipinski definition) is 3. The summed E-state index contributed by atoms with van der Waals surface area (Å²) in [7, 11) is 0. The monoisotopic (exact) mass is 359 g/mol. The molecule has 0 aliphatic carbocycles. The highest BCUT2D eigenvalue weighted by atomic mass is 35.5. The Hall–Kier alpha value is -1.26. The van der Waals surface area contributed by atoms with Crippen LogP contribution in [0.3, 0.4) is 0 Å². The van der Waals surface area contributed by atoms with E-state index in [-0.39, 0.29) is 18.3 Å². The molecule has 0 radical (unpaired) electrons. The summed E-state index contributed by atoms with van der Waals surface area (Å²) in [6.45, 7) is 7.18. The van der Waals surface area contributed by atoms with Gasteiger partial charge in [0.25, 0.3) is 5.91 Å². The minimum absolute atomic E-state index is 0.159. The van der Waals surface area contributed by atoms with Crippen molar-refractivity contribution in [3.63, 3.8) is 0 Å². The average molecular weight is 360 g/mol. The van der Waals surface area contributed by atoms with Crippen LogP contribution >= 0.6 is 23.2 Å². The van der Waals surface area contributed by atoms with Crippen LogP contribution in [0.5, 0.6) is 0 Å². The lowest BCUT2D eigenvalue weighted by molar-refractivity contribution is -0.143. The van der Waals surface area contributed by atoms with Gasteiger partial charge >= 0.3 is 5.97 Å². The standard InChI is InChI=1S/C17H23Cl2NO3/c1-4-23-16(21)8-10-20(9-7-12(2)3)17(22)13-5-6-14(18)15(19)11-13/h5-6,11-12H,4,7-10H2,1-3H3. The molecule has 0 heterocycles. The van der Waals surface area contributed by atoms with E-state index in [4.69, 9.17) is 27.9 Å². The molecule has 0 atom stereocenters. The fourth-order valence-corrected chi connectivity index (χ4v) is 2.30. The summed E-state index contributed by atoms with van der Waals surface area (Å²) in [6, 6.07) is 4.80. The second-order valence-corrected chi connectivity index (χ2v) is 6.47. The molecule has 0 spiro atoms. The van der Waals surface area contributed by atoms with Crippen LogP contribution in [0.4, 0.5) is 0 Å². The highest BCUT2D eigenvalue weighted by Gasteiger charge is 2.18. The molecular weight excluding hydrogens is 337 g/mol. The van der Waals surface area contributed by atoms with E-state index in [1.165, 1.54) is 0 Å². The lowest BCUT2D eigenvalue weighted by Gasteiger charge is -2.23. The third-order valence-corrected chi connectivity index (χ3v) is 4.06. The largest absolute Gasteiger partial charge is 0.466 e. The van der Waals surface area contributed by atoms with Crippen molar-refractivity contribution in [3.8, 4) is 0 Å². The first-order valence-corrected chi connectivity index (χ1v) is 8.50. The van der Waals surface area contributed by atoms with E-state index in [1.807, 2.05) is 0 Å². The Morgan fingerprint density at radius 2 is 1.87 bits per heavy atom. The van der Waals surface area contributed by atoms with Crippen molar-refractivity contribution in [2.24, 2.45) is 5.92 Å². The molecular formula is C17H23Cl2NO3. The summed E-state index contributed by atoms with van der Waals surface area (Å²) in [5.41, 5.74) is 0.465. The van der Waals surface area contributed by atoms with Crippen molar-refractivity contribution in [2.75, 3.05) is 19.7 Å². The Bertz CT molecular complexity index is 547. The van der Waals surface area contributed by atoms with Crippen molar-refractivity contribution in [3.05, 3.63) is 33.8 Å². The summed E-state index contributed by atoms with van der Waals surface area (Å²) >= 11 is 11.9. The first-order valence-electron chi connectivity index (χ1n) is 7.75. The highest BCUT2D eigenvalue weighted by molar-refractivity contribution is 6.42.